The number of urea groups is 1. The van der Waals surface area contributed by atoms with E-state index in [1.54, 1.807) is 6.92 Å². The lowest BCUT2D eigenvalue weighted by Crippen LogP contribution is -2.42. The Kier molecular flexibility index (Phi) is 5.97. The lowest BCUT2D eigenvalue weighted by Gasteiger charge is -2.23. The van der Waals surface area contributed by atoms with E-state index in [-0.39, 0.29) is 10.8 Å². The number of aliphatic carboxylic acids is 1. The van der Waals surface area contributed by atoms with E-state index in [2.05, 4.69) is 19.2 Å². The van der Waals surface area contributed by atoms with E-state index >= 15 is 0 Å². The number of hydrogen-bond acceptors (Lipinski definition) is 3. The molecule has 1 aliphatic rings. The van der Waals surface area contributed by atoms with E-state index in [0.717, 1.165) is 25.3 Å². The summed E-state index contributed by atoms with van der Waals surface area (Å²) in [6.45, 7) is 7.99. The SMILES string of the molecule is CC(CCNC(=O)N1CCSC(C)(C)CC1)C(=O)O. The molecule has 0 spiro atoms. The van der Waals surface area contributed by atoms with Gasteiger partial charge in [0.15, 0.2) is 0 Å². The zero-order valence-corrected chi connectivity index (χ0v) is 12.8. The minimum Gasteiger partial charge on any atom is -0.481 e. The van der Waals surface area contributed by atoms with Crippen LogP contribution in [0.1, 0.15) is 33.6 Å². The lowest BCUT2D eigenvalue weighted by molar-refractivity contribution is -0.141. The Morgan fingerprint density at radius 2 is 2.11 bits per heavy atom. The van der Waals surface area contributed by atoms with Gasteiger partial charge in [-0.25, -0.2) is 4.79 Å². The van der Waals surface area contributed by atoms with Gasteiger partial charge in [0.25, 0.3) is 0 Å². The number of hydrogen-bond donors (Lipinski definition) is 2. The van der Waals surface area contributed by atoms with Gasteiger partial charge in [-0.3, -0.25) is 4.79 Å². The zero-order valence-electron chi connectivity index (χ0n) is 11.9. The Hall–Kier alpha value is -0.910. The zero-order chi connectivity index (χ0) is 14.5. The number of carbonyl (C=O) groups is 2. The van der Waals surface area contributed by atoms with E-state index in [0.29, 0.717) is 13.0 Å². The third kappa shape index (κ3) is 5.72. The molecule has 0 radical (unpaired) electrons. The molecule has 6 heteroatoms. The van der Waals surface area contributed by atoms with Crippen LogP contribution in [0.5, 0.6) is 0 Å². The summed E-state index contributed by atoms with van der Waals surface area (Å²) in [5.41, 5.74) is 0. The molecule has 110 valence electrons. The highest BCUT2D eigenvalue weighted by Gasteiger charge is 2.25. The average Bonchev–Trinajstić information content (AvgIpc) is 2.49. The monoisotopic (exact) mass is 288 g/mol. The highest BCUT2D eigenvalue weighted by molar-refractivity contribution is 8.00. The number of carboxylic acids is 1. The summed E-state index contributed by atoms with van der Waals surface area (Å²) >= 11 is 1.90. The predicted octanol–water partition coefficient (Wildman–Crippen LogP) is 2.02. The number of rotatable bonds is 4. The molecule has 2 amide bonds. The van der Waals surface area contributed by atoms with E-state index in [1.165, 1.54) is 0 Å². The van der Waals surface area contributed by atoms with Crippen LogP contribution in [0.2, 0.25) is 0 Å². The van der Waals surface area contributed by atoms with Crippen molar-refractivity contribution in [1.82, 2.24) is 10.2 Å². The van der Waals surface area contributed by atoms with Crippen molar-refractivity contribution in [1.29, 1.82) is 0 Å². The molecule has 0 bridgehead atoms. The number of amides is 2. The van der Waals surface area contributed by atoms with Gasteiger partial charge in [-0.05, 0) is 12.8 Å². The molecule has 0 aromatic carbocycles. The summed E-state index contributed by atoms with van der Waals surface area (Å²) in [6.07, 6.45) is 1.45. The van der Waals surface area contributed by atoms with Crippen molar-refractivity contribution in [2.24, 2.45) is 5.92 Å². The van der Waals surface area contributed by atoms with Crippen LogP contribution < -0.4 is 5.32 Å². The van der Waals surface area contributed by atoms with Gasteiger partial charge in [0.1, 0.15) is 0 Å². The Bertz CT molecular complexity index is 334. The number of carbonyl (C=O) groups excluding carboxylic acids is 1. The van der Waals surface area contributed by atoms with Gasteiger partial charge in [0.2, 0.25) is 0 Å². The van der Waals surface area contributed by atoms with E-state index in [1.807, 2.05) is 16.7 Å². The highest BCUT2D eigenvalue weighted by atomic mass is 32.2. The fraction of sp³-hybridized carbons (Fsp3) is 0.846. The highest BCUT2D eigenvalue weighted by Crippen LogP contribution is 2.30. The topological polar surface area (TPSA) is 69.6 Å². The van der Waals surface area contributed by atoms with Crippen LogP contribution in [0.3, 0.4) is 0 Å². The van der Waals surface area contributed by atoms with Crippen molar-refractivity contribution in [3.05, 3.63) is 0 Å². The normalized spacial score (nSPS) is 20.5. The largest absolute Gasteiger partial charge is 0.481 e. The van der Waals surface area contributed by atoms with Crippen LogP contribution in [0, 0.1) is 5.92 Å². The molecule has 19 heavy (non-hydrogen) atoms. The summed E-state index contributed by atoms with van der Waals surface area (Å²) in [5.74, 6) is -0.285. The second-order valence-electron chi connectivity index (χ2n) is 5.61. The quantitative estimate of drug-likeness (QED) is 0.830. The second-order valence-corrected chi connectivity index (χ2v) is 7.41. The van der Waals surface area contributed by atoms with E-state index in [4.69, 9.17) is 5.11 Å². The second kappa shape index (κ2) is 7.03. The molecular weight excluding hydrogens is 264 g/mol. The summed E-state index contributed by atoms with van der Waals surface area (Å²) in [5, 5.41) is 11.6. The first-order valence-electron chi connectivity index (χ1n) is 6.71. The number of thioether (sulfide) groups is 1. The van der Waals surface area contributed by atoms with Crippen molar-refractivity contribution < 1.29 is 14.7 Å². The molecule has 1 unspecified atom stereocenters. The third-order valence-electron chi connectivity index (χ3n) is 3.40. The molecule has 0 aromatic heterocycles. The molecule has 1 saturated heterocycles. The first-order chi connectivity index (χ1) is 8.82. The first kappa shape index (κ1) is 16.1. The summed E-state index contributed by atoms with van der Waals surface area (Å²) in [6, 6.07) is -0.0733. The Balaban J connectivity index is 2.31. The maximum atomic E-state index is 12.0. The number of nitrogens with zero attached hydrogens (tertiary/aromatic N) is 1. The van der Waals surface area contributed by atoms with Gasteiger partial charge in [-0.1, -0.05) is 20.8 Å². The van der Waals surface area contributed by atoms with Gasteiger partial charge in [-0.2, -0.15) is 11.8 Å². The van der Waals surface area contributed by atoms with Crippen molar-refractivity contribution in [2.45, 2.75) is 38.4 Å². The van der Waals surface area contributed by atoms with Crippen LogP contribution in [0.4, 0.5) is 4.79 Å². The molecule has 1 atom stereocenters. The summed E-state index contributed by atoms with van der Waals surface area (Å²) in [7, 11) is 0. The molecule has 0 saturated carbocycles. The Morgan fingerprint density at radius 3 is 2.74 bits per heavy atom. The van der Waals surface area contributed by atoms with Gasteiger partial charge < -0.3 is 15.3 Å². The van der Waals surface area contributed by atoms with Crippen molar-refractivity contribution in [2.75, 3.05) is 25.4 Å². The Morgan fingerprint density at radius 1 is 1.42 bits per heavy atom. The number of carboxylic acid groups (broad SMARTS) is 1. The van der Waals surface area contributed by atoms with E-state index in [9.17, 15) is 9.59 Å². The standard InChI is InChI=1S/C13H24N2O3S/c1-10(11(16)17)4-6-14-12(18)15-7-5-13(2,3)19-9-8-15/h10H,4-9H2,1-3H3,(H,14,18)(H,16,17). The lowest BCUT2D eigenvalue weighted by atomic mass is 10.1. The van der Waals surface area contributed by atoms with Gasteiger partial charge >= 0.3 is 12.0 Å². The summed E-state index contributed by atoms with van der Waals surface area (Å²) in [4.78, 5) is 24.5. The molecule has 1 aliphatic heterocycles. The molecule has 1 fully saturated rings. The van der Waals surface area contributed by atoms with Gasteiger partial charge in [0.05, 0.1) is 5.92 Å². The fourth-order valence-electron chi connectivity index (χ4n) is 1.85. The maximum Gasteiger partial charge on any atom is 0.317 e. The minimum absolute atomic E-state index is 0.0733. The molecule has 1 rings (SSSR count). The Labute approximate surface area is 119 Å². The minimum atomic E-state index is -0.817. The van der Waals surface area contributed by atoms with Crippen LogP contribution in [0.15, 0.2) is 0 Å². The number of nitrogens with one attached hydrogen (secondary N) is 1. The fourth-order valence-corrected chi connectivity index (χ4v) is 2.95. The first-order valence-corrected chi connectivity index (χ1v) is 7.70. The van der Waals surface area contributed by atoms with Crippen molar-refractivity contribution in [3.63, 3.8) is 0 Å². The maximum absolute atomic E-state index is 12.0. The van der Waals surface area contributed by atoms with Gasteiger partial charge in [-0.15, -0.1) is 0 Å². The van der Waals surface area contributed by atoms with Crippen LogP contribution in [-0.4, -0.2) is 52.1 Å². The van der Waals surface area contributed by atoms with E-state index < -0.39 is 11.9 Å². The smallest absolute Gasteiger partial charge is 0.317 e. The molecule has 2 N–H and O–H groups in total. The predicted molar refractivity (Wildman–Crippen MR) is 77.5 cm³/mol. The van der Waals surface area contributed by atoms with Gasteiger partial charge in [0, 0.05) is 30.1 Å². The van der Waals surface area contributed by atoms with Crippen LogP contribution >= 0.6 is 11.8 Å². The van der Waals surface area contributed by atoms with Crippen LogP contribution in [-0.2, 0) is 4.79 Å². The average molecular weight is 288 g/mol. The molecule has 1 heterocycles. The third-order valence-corrected chi connectivity index (χ3v) is 4.77. The summed E-state index contributed by atoms with van der Waals surface area (Å²) < 4.78 is 0.229. The molecule has 0 aromatic rings. The molecular formula is C13H24N2O3S. The molecule has 0 aliphatic carbocycles. The molecule has 5 nitrogen and oxygen atoms in total. The van der Waals surface area contributed by atoms with Crippen molar-refractivity contribution in [3.8, 4) is 0 Å². The van der Waals surface area contributed by atoms with Crippen LogP contribution in [0.25, 0.3) is 0 Å². The van der Waals surface area contributed by atoms with Crippen molar-refractivity contribution >= 4 is 23.8 Å².